The van der Waals surface area contributed by atoms with Crippen LogP contribution in [0.25, 0.3) is 0 Å². The number of benzene rings is 1. The van der Waals surface area contributed by atoms with E-state index in [1.165, 1.54) is 0 Å². The van der Waals surface area contributed by atoms with E-state index in [-0.39, 0.29) is 0 Å². The maximum absolute atomic E-state index is 11.3. The summed E-state index contributed by atoms with van der Waals surface area (Å²) in [5.74, 6) is 0.548. The second kappa shape index (κ2) is 4.48. The lowest BCUT2D eigenvalue weighted by molar-refractivity contribution is 0.0697. The first kappa shape index (κ1) is 11.3. The monoisotopic (exact) mass is 243 g/mol. The molecule has 3 rings (SSSR count). The van der Waals surface area contributed by atoms with Crippen molar-refractivity contribution in [1.29, 1.82) is 0 Å². The van der Waals surface area contributed by atoms with Gasteiger partial charge in [-0.3, -0.25) is 0 Å². The number of hydrogen-bond donors (Lipinski definition) is 1. The van der Waals surface area contributed by atoms with Crippen LogP contribution in [0, 0.1) is 11.8 Å². The summed E-state index contributed by atoms with van der Waals surface area (Å²) in [7, 11) is 0. The van der Waals surface area contributed by atoms with Crippen molar-refractivity contribution in [3.63, 3.8) is 0 Å². The van der Waals surface area contributed by atoms with Crippen LogP contribution in [-0.2, 0) is 0 Å². The van der Waals surface area contributed by atoms with Gasteiger partial charge in [-0.25, -0.2) is 4.79 Å². The van der Waals surface area contributed by atoms with E-state index in [1.807, 2.05) is 12.1 Å². The molecule has 1 heterocycles. The minimum atomic E-state index is -0.835. The van der Waals surface area contributed by atoms with Gasteiger partial charge in [-0.1, -0.05) is 24.3 Å². The molecule has 0 radical (unpaired) electrons. The highest BCUT2D eigenvalue weighted by atomic mass is 16.4. The Kier molecular flexibility index (Phi) is 2.82. The van der Waals surface area contributed by atoms with Gasteiger partial charge < -0.3 is 10.0 Å². The van der Waals surface area contributed by atoms with Crippen molar-refractivity contribution in [3.05, 3.63) is 42.0 Å². The van der Waals surface area contributed by atoms with E-state index in [0.29, 0.717) is 17.4 Å². The van der Waals surface area contributed by atoms with E-state index in [1.54, 1.807) is 12.1 Å². The van der Waals surface area contributed by atoms with Crippen molar-refractivity contribution in [3.8, 4) is 0 Å². The zero-order chi connectivity index (χ0) is 12.5. The Hall–Kier alpha value is -1.77. The fourth-order valence-corrected chi connectivity index (χ4v) is 3.14. The highest BCUT2D eigenvalue weighted by Crippen LogP contribution is 2.36. The van der Waals surface area contributed by atoms with Crippen molar-refractivity contribution < 1.29 is 9.90 Å². The number of fused-ring (bicyclic) bond motifs is 1. The molecule has 2 aliphatic rings. The number of carbonyl (C=O) groups is 1. The third kappa shape index (κ3) is 1.90. The summed E-state index contributed by atoms with van der Waals surface area (Å²) in [6.45, 7) is 1.97. The molecule has 1 fully saturated rings. The number of rotatable bonds is 2. The molecule has 0 saturated carbocycles. The van der Waals surface area contributed by atoms with Crippen LogP contribution in [0.1, 0.15) is 23.2 Å². The van der Waals surface area contributed by atoms with Crippen LogP contribution in [-0.4, -0.2) is 24.2 Å². The Morgan fingerprint density at radius 3 is 2.33 bits per heavy atom. The van der Waals surface area contributed by atoms with Crippen molar-refractivity contribution in [2.45, 2.75) is 12.8 Å². The number of para-hydroxylation sites is 1. The van der Waals surface area contributed by atoms with Crippen molar-refractivity contribution >= 4 is 11.7 Å². The predicted octanol–water partition coefficient (Wildman–Crippen LogP) is 2.79. The van der Waals surface area contributed by atoms with Gasteiger partial charge in [0.15, 0.2) is 0 Å². The molecule has 1 aliphatic heterocycles. The normalized spacial score (nSPS) is 26.1. The van der Waals surface area contributed by atoms with Gasteiger partial charge in [0.25, 0.3) is 0 Å². The Morgan fingerprint density at radius 1 is 1.11 bits per heavy atom. The van der Waals surface area contributed by atoms with Gasteiger partial charge in [-0.15, -0.1) is 0 Å². The third-order valence-electron chi connectivity index (χ3n) is 4.10. The molecule has 3 heteroatoms. The Bertz CT molecular complexity index is 479. The summed E-state index contributed by atoms with van der Waals surface area (Å²) in [5.41, 5.74) is 1.29. The zero-order valence-electron chi connectivity index (χ0n) is 10.2. The van der Waals surface area contributed by atoms with Crippen molar-refractivity contribution in [2.24, 2.45) is 11.8 Å². The van der Waals surface area contributed by atoms with E-state index in [0.717, 1.165) is 31.6 Å². The maximum atomic E-state index is 11.3. The molecule has 1 aromatic carbocycles. The van der Waals surface area contributed by atoms with E-state index in [9.17, 15) is 9.90 Å². The number of aromatic carboxylic acids is 1. The second-order valence-electron chi connectivity index (χ2n) is 5.19. The van der Waals surface area contributed by atoms with Crippen LogP contribution in [0.15, 0.2) is 36.4 Å². The van der Waals surface area contributed by atoms with E-state index < -0.39 is 5.97 Å². The van der Waals surface area contributed by atoms with Gasteiger partial charge in [0.1, 0.15) is 0 Å². The van der Waals surface area contributed by atoms with Crippen molar-refractivity contribution in [2.75, 3.05) is 18.0 Å². The Morgan fingerprint density at radius 2 is 1.72 bits per heavy atom. The number of carboxylic acid groups (broad SMARTS) is 1. The second-order valence-corrected chi connectivity index (χ2v) is 5.19. The average Bonchev–Trinajstić information content (AvgIpc) is 2.82. The van der Waals surface area contributed by atoms with Crippen LogP contribution in [0.3, 0.4) is 0 Å². The Labute approximate surface area is 107 Å². The number of hydrogen-bond acceptors (Lipinski definition) is 2. The smallest absolute Gasteiger partial charge is 0.337 e. The van der Waals surface area contributed by atoms with Crippen LogP contribution < -0.4 is 4.90 Å². The van der Waals surface area contributed by atoms with E-state index in [2.05, 4.69) is 17.1 Å². The average molecular weight is 243 g/mol. The molecule has 1 saturated heterocycles. The SMILES string of the molecule is O=C(O)c1ccccc1N1CC2CC=CCC2C1. The highest BCUT2D eigenvalue weighted by molar-refractivity contribution is 5.94. The molecule has 0 aromatic heterocycles. The van der Waals surface area contributed by atoms with E-state index >= 15 is 0 Å². The van der Waals surface area contributed by atoms with Gasteiger partial charge in [-0.2, -0.15) is 0 Å². The number of anilines is 1. The first-order valence-corrected chi connectivity index (χ1v) is 6.48. The summed E-state index contributed by atoms with van der Waals surface area (Å²) >= 11 is 0. The standard InChI is InChI=1S/C15H17NO2/c17-15(18)13-7-3-4-8-14(13)16-9-11-5-1-2-6-12(11)10-16/h1-4,7-8,11-12H,5-6,9-10H2,(H,17,18). The quantitative estimate of drug-likeness (QED) is 0.812. The summed E-state index contributed by atoms with van der Waals surface area (Å²) in [5, 5.41) is 9.25. The molecule has 94 valence electrons. The summed E-state index contributed by atoms with van der Waals surface area (Å²) in [6, 6.07) is 7.33. The number of carboxylic acids is 1. The first-order valence-electron chi connectivity index (χ1n) is 6.48. The van der Waals surface area contributed by atoms with Crippen LogP contribution in [0.2, 0.25) is 0 Å². The van der Waals surface area contributed by atoms with Crippen LogP contribution in [0.4, 0.5) is 5.69 Å². The molecule has 2 unspecified atom stereocenters. The summed E-state index contributed by atoms with van der Waals surface area (Å²) < 4.78 is 0. The molecule has 0 amide bonds. The molecule has 3 nitrogen and oxygen atoms in total. The minimum absolute atomic E-state index is 0.420. The third-order valence-corrected chi connectivity index (χ3v) is 4.10. The molecular formula is C15H17NO2. The number of nitrogens with zero attached hydrogens (tertiary/aromatic N) is 1. The molecule has 2 atom stereocenters. The topological polar surface area (TPSA) is 40.5 Å². The zero-order valence-corrected chi connectivity index (χ0v) is 10.2. The maximum Gasteiger partial charge on any atom is 0.337 e. The van der Waals surface area contributed by atoms with Gasteiger partial charge in [0, 0.05) is 13.1 Å². The van der Waals surface area contributed by atoms with Gasteiger partial charge in [-0.05, 0) is 36.8 Å². The van der Waals surface area contributed by atoms with E-state index in [4.69, 9.17) is 0 Å². The summed E-state index contributed by atoms with van der Waals surface area (Å²) in [4.78, 5) is 13.5. The molecular weight excluding hydrogens is 226 g/mol. The summed E-state index contributed by atoms with van der Waals surface area (Å²) in [6.07, 6.45) is 6.79. The molecule has 1 aliphatic carbocycles. The predicted molar refractivity (Wildman–Crippen MR) is 71.0 cm³/mol. The lowest BCUT2D eigenvalue weighted by atomic mass is 9.86. The molecule has 1 aromatic rings. The van der Waals surface area contributed by atoms with Crippen LogP contribution >= 0.6 is 0 Å². The first-order chi connectivity index (χ1) is 8.75. The molecule has 1 N–H and O–H groups in total. The molecule has 0 bridgehead atoms. The lowest BCUT2D eigenvalue weighted by Crippen LogP contribution is -2.22. The Balaban J connectivity index is 1.87. The van der Waals surface area contributed by atoms with Gasteiger partial charge in [0.05, 0.1) is 11.3 Å². The lowest BCUT2D eigenvalue weighted by Gasteiger charge is -2.20. The largest absolute Gasteiger partial charge is 0.478 e. The molecule has 0 spiro atoms. The fraction of sp³-hybridized carbons (Fsp3) is 0.400. The highest BCUT2D eigenvalue weighted by Gasteiger charge is 2.33. The fourth-order valence-electron chi connectivity index (χ4n) is 3.14. The van der Waals surface area contributed by atoms with Gasteiger partial charge in [0.2, 0.25) is 0 Å². The minimum Gasteiger partial charge on any atom is -0.478 e. The molecule has 18 heavy (non-hydrogen) atoms. The van der Waals surface area contributed by atoms with Gasteiger partial charge >= 0.3 is 5.97 Å². The number of allylic oxidation sites excluding steroid dienone is 2. The van der Waals surface area contributed by atoms with Crippen LogP contribution in [0.5, 0.6) is 0 Å². The van der Waals surface area contributed by atoms with Crippen molar-refractivity contribution in [1.82, 2.24) is 0 Å².